The molecule has 0 saturated carbocycles. The van der Waals surface area contributed by atoms with Crippen LogP contribution in [-0.4, -0.2) is 16.1 Å². The van der Waals surface area contributed by atoms with E-state index in [1.165, 1.54) is 18.4 Å². The molecular formula is C14H17Br2N3. The molecule has 3 nitrogen and oxygen atoms in total. The summed E-state index contributed by atoms with van der Waals surface area (Å²) in [5, 5.41) is 3.47. The van der Waals surface area contributed by atoms with E-state index >= 15 is 0 Å². The standard InChI is InChI=1S/C14H17Br2N3/c15-13-4-3-12(9-14(13)16)10-17-5-1-2-7-19-8-6-18-11-19/h3-4,6,8-9,11,17H,1-2,5,7,10H2. The fourth-order valence-electron chi connectivity index (χ4n) is 1.85. The number of hydrogen-bond acceptors (Lipinski definition) is 2. The van der Waals surface area contributed by atoms with Crippen LogP contribution in [0, 0.1) is 0 Å². The molecule has 0 radical (unpaired) electrons. The number of unbranched alkanes of at least 4 members (excludes halogenated alkanes) is 1. The fraction of sp³-hybridized carbons (Fsp3) is 0.357. The van der Waals surface area contributed by atoms with Crippen LogP contribution < -0.4 is 5.32 Å². The van der Waals surface area contributed by atoms with Crippen molar-refractivity contribution in [3.05, 3.63) is 51.4 Å². The molecule has 0 spiro atoms. The molecule has 5 heteroatoms. The van der Waals surface area contributed by atoms with Gasteiger partial charge in [0.15, 0.2) is 0 Å². The summed E-state index contributed by atoms with van der Waals surface area (Å²) >= 11 is 6.99. The quantitative estimate of drug-likeness (QED) is 0.729. The minimum absolute atomic E-state index is 0.914. The van der Waals surface area contributed by atoms with Gasteiger partial charge in [0.05, 0.1) is 6.33 Å². The molecule has 0 unspecified atom stereocenters. The van der Waals surface area contributed by atoms with Crippen LogP contribution in [0.2, 0.25) is 0 Å². The predicted molar refractivity (Wildman–Crippen MR) is 85.0 cm³/mol. The molecule has 102 valence electrons. The van der Waals surface area contributed by atoms with Crippen molar-refractivity contribution in [3.8, 4) is 0 Å². The van der Waals surface area contributed by atoms with Crippen LogP contribution in [-0.2, 0) is 13.1 Å². The number of hydrogen-bond donors (Lipinski definition) is 1. The predicted octanol–water partition coefficient (Wildman–Crippen LogP) is 3.98. The molecule has 0 aliphatic heterocycles. The smallest absolute Gasteiger partial charge is 0.0945 e. The zero-order valence-corrected chi connectivity index (χ0v) is 13.8. The maximum absolute atomic E-state index is 4.03. The third-order valence-electron chi connectivity index (χ3n) is 2.89. The van der Waals surface area contributed by atoms with Crippen LogP contribution >= 0.6 is 31.9 Å². The number of nitrogens with zero attached hydrogens (tertiary/aromatic N) is 2. The Balaban J connectivity index is 1.60. The summed E-state index contributed by atoms with van der Waals surface area (Å²) in [5.74, 6) is 0. The van der Waals surface area contributed by atoms with Crippen LogP contribution in [0.1, 0.15) is 18.4 Å². The van der Waals surface area contributed by atoms with Gasteiger partial charge < -0.3 is 9.88 Å². The van der Waals surface area contributed by atoms with Gasteiger partial charge in [-0.3, -0.25) is 0 Å². The lowest BCUT2D eigenvalue weighted by molar-refractivity contribution is 0.568. The van der Waals surface area contributed by atoms with Gasteiger partial charge in [-0.2, -0.15) is 0 Å². The highest BCUT2D eigenvalue weighted by atomic mass is 79.9. The van der Waals surface area contributed by atoms with Gasteiger partial charge in [0.1, 0.15) is 0 Å². The molecule has 1 aromatic carbocycles. The van der Waals surface area contributed by atoms with Crippen molar-refractivity contribution in [2.24, 2.45) is 0 Å². The molecule has 1 aromatic heterocycles. The lowest BCUT2D eigenvalue weighted by Crippen LogP contribution is -2.15. The molecule has 0 fully saturated rings. The fourth-order valence-corrected chi connectivity index (χ4v) is 2.52. The Hall–Kier alpha value is -0.650. The summed E-state index contributed by atoms with van der Waals surface area (Å²) < 4.78 is 4.31. The molecule has 19 heavy (non-hydrogen) atoms. The zero-order chi connectivity index (χ0) is 13.5. The summed E-state index contributed by atoms with van der Waals surface area (Å²) in [6.45, 7) is 3.00. The summed E-state index contributed by atoms with van der Waals surface area (Å²) in [6, 6.07) is 6.34. The normalized spacial score (nSPS) is 10.8. The molecule has 0 amide bonds. The Labute approximate surface area is 130 Å². The second-order valence-electron chi connectivity index (χ2n) is 4.43. The SMILES string of the molecule is Brc1ccc(CNCCCCn2ccnc2)cc1Br. The number of rotatable bonds is 7. The van der Waals surface area contributed by atoms with Gasteiger partial charge in [0, 0.05) is 34.4 Å². The summed E-state index contributed by atoms with van der Waals surface area (Å²) in [4.78, 5) is 4.03. The van der Waals surface area contributed by atoms with Gasteiger partial charge in [-0.1, -0.05) is 6.07 Å². The van der Waals surface area contributed by atoms with E-state index in [-0.39, 0.29) is 0 Å². The Bertz CT molecular complexity index is 497. The van der Waals surface area contributed by atoms with Crippen molar-refractivity contribution in [1.29, 1.82) is 0 Å². The molecule has 0 bridgehead atoms. The third kappa shape index (κ3) is 5.09. The zero-order valence-electron chi connectivity index (χ0n) is 10.6. The Morgan fingerprint density at radius 2 is 2.05 bits per heavy atom. The molecule has 0 aliphatic carbocycles. The summed E-state index contributed by atoms with van der Waals surface area (Å²) in [7, 11) is 0. The Morgan fingerprint density at radius 3 is 2.79 bits per heavy atom. The lowest BCUT2D eigenvalue weighted by Gasteiger charge is -2.06. The average Bonchev–Trinajstić information content (AvgIpc) is 2.91. The van der Waals surface area contributed by atoms with Crippen molar-refractivity contribution in [3.63, 3.8) is 0 Å². The van der Waals surface area contributed by atoms with Crippen molar-refractivity contribution in [1.82, 2.24) is 14.9 Å². The van der Waals surface area contributed by atoms with Gasteiger partial charge in [-0.25, -0.2) is 4.98 Å². The van der Waals surface area contributed by atoms with Gasteiger partial charge in [-0.05, 0) is 68.9 Å². The van der Waals surface area contributed by atoms with E-state index in [0.29, 0.717) is 0 Å². The molecule has 0 atom stereocenters. The highest BCUT2D eigenvalue weighted by Gasteiger charge is 1.98. The molecule has 0 aliphatic rings. The monoisotopic (exact) mass is 385 g/mol. The second kappa shape index (κ2) is 7.82. The number of aryl methyl sites for hydroxylation is 1. The van der Waals surface area contributed by atoms with Gasteiger partial charge in [0.25, 0.3) is 0 Å². The largest absolute Gasteiger partial charge is 0.337 e. The average molecular weight is 387 g/mol. The first-order valence-corrected chi connectivity index (χ1v) is 7.95. The lowest BCUT2D eigenvalue weighted by atomic mass is 10.2. The first kappa shape index (κ1) is 14.8. The van der Waals surface area contributed by atoms with Gasteiger partial charge in [0.2, 0.25) is 0 Å². The van der Waals surface area contributed by atoms with E-state index in [4.69, 9.17) is 0 Å². The molecule has 1 heterocycles. The van der Waals surface area contributed by atoms with Crippen molar-refractivity contribution >= 4 is 31.9 Å². The van der Waals surface area contributed by atoms with Crippen molar-refractivity contribution < 1.29 is 0 Å². The van der Waals surface area contributed by atoms with Crippen LogP contribution in [0.4, 0.5) is 0 Å². The van der Waals surface area contributed by atoms with Gasteiger partial charge in [-0.15, -0.1) is 0 Å². The van der Waals surface area contributed by atoms with E-state index < -0.39 is 0 Å². The maximum atomic E-state index is 4.03. The number of benzene rings is 1. The number of halogens is 2. The first-order chi connectivity index (χ1) is 9.25. The van der Waals surface area contributed by atoms with Crippen molar-refractivity contribution in [2.75, 3.05) is 6.54 Å². The third-order valence-corrected chi connectivity index (χ3v) is 4.77. The van der Waals surface area contributed by atoms with Gasteiger partial charge >= 0.3 is 0 Å². The minimum atomic E-state index is 0.914. The van der Waals surface area contributed by atoms with E-state index in [1.807, 2.05) is 18.7 Å². The van der Waals surface area contributed by atoms with E-state index in [2.05, 4.69) is 64.9 Å². The van der Waals surface area contributed by atoms with E-state index in [9.17, 15) is 0 Å². The molecule has 0 saturated heterocycles. The Morgan fingerprint density at radius 1 is 1.16 bits per heavy atom. The second-order valence-corrected chi connectivity index (χ2v) is 6.14. The highest BCUT2D eigenvalue weighted by molar-refractivity contribution is 9.13. The minimum Gasteiger partial charge on any atom is -0.337 e. The molecule has 1 N–H and O–H groups in total. The number of nitrogens with one attached hydrogen (secondary N) is 1. The summed E-state index contributed by atoms with van der Waals surface area (Å²) in [5.41, 5.74) is 1.30. The van der Waals surface area contributed by atoms with E-state index in [1.54, 1.807) is 0 Å². The maximum Gasteiger partial charge on any atom is 0.0945 e. The van der Waals surface area contributed by atoms with Crippen LogP contribution in [0.3, 0.4) is 0 Å². The number of aromatic nitrogens is 2. The molecular weight excluding hydrogens is 370 g/mol. The first-order valence-electron chi connectivity index (χ1n) is 6.36. The molecule has 2 aromatic rings. The molecule has 2 rings (SSSR count). The van der Waals surface area contributed by atoms with Crippen molar-refractivity contribution in [2.45, 2.75) is 25.9 Å². The number of imidazole rings is 1. The Kier molecular flexibility index (Phi) is 6.07. The summed E-state index contributed by atoms with van der Waals surface area (Å²) in [6.07, 6.45) is 8.05. The topological polar surface area (TPSA) is 29.9 Å². The van der Waals surface area contributed by atoms with Crippen LogP contribution in [0.25, 0.3) is 0 Å². The van der Waals surface area contributed by atoms with E-state index in [0.717, 1.165) is 28.6 Å². The van der Waals surface area contributed by atoms with Crippen LogP contribution in [0.15, 0.2) is 45.9 Å². The highest BCUT2D eigenvalue weighted by Crippen LogP contribution is 2.23. The van der Waals surface area contributed by atoms with Crippen LogP contribution in [0.5, 0.6) is 0 Å².